The van der Waals surface area contributed by atoms with Gasteiger partial charge in [0.2, 0.25) is 0 Å². The van der Waals surface area contributed by atoms with Gasteiger partial charge >= 0.3 is 0 Å². The van der Waals surface area contributed by atoms with E-state index >= 15 is 0 Å². The molecule has 5 heteroatoms. The summed E-state index contributed by atoms with van der Waals surface area (Å²) >= 11 is 0. The van der Waals surface area contributed by atoms with E-state index < -0.39 is 8.07 Å². The molecule has 4 nitrogen and oxygen atoms in total. The van der Waals surface area contributed by atoms with Crippen LogP contribution in [0, 0.1) is 6.92 Å². The summed E-state index contributed by atoms with van der Waals surface area (Å²) in [5, 5.41) is 0. The third-order valence-corrected chi connectivity index (χ3v) is 5.66. The first-order chi connectivity index (χ1) is 11.0. The first kappa shape index (κ1) is 17.9. The van der Waals surface area contributed by atoms with Gasteiger partial charge in [-0.2, -0.15) is 0 Å². The van der Waals surface area contributed by atoms with Crippen molar-refractivity contribution in [1.29, 1.82) is 0 Å². The fraction of sp³-hybridized carbons (Fsp3) is 0.556. The van der Waals surface area contributed by atoms with E-state index in [1.807, 2.05) is 24.7 Å². The molecule has 0 bridgehead atoms. The third-order valence-electron chi connectivity index (χ3n) is 3.96. The Morgan fingerprint density at radius 3 is 2.70 bits per heavy atom. The highest BCUT2D eigenvalue weighted by atomic mass is 28.3. The number of hydrogen-bond acceptors (Lipinski definition) is 3. The molecule has 0 aromatic carbocycles. The monoisotopic (exact) mass is 331 g/mol. The fourth-order valence-corrected chi connectivity index (χ4v) is 3.18. The van der Waals surface area contributed by atoms with Crippen LogP contribution in [0.4, 0.5) is 0 Å². The summed E-state index contributed by atoms with van der Waals surface area (Å²) in [6.45, 7) is 10.7. The summed E-state index contributed by atoms with van der Waals surface area (Å²) in [4.78, 5) is 8.92. The summed E-state index contributed by atoms with van der Waals surface area (Å²) in [5.41, 5.74) is 2.46. The maximum atomic E-state index is 5.82. The van der Waals surface area contributed by atoms with Gasteiger partial charge in [0.25, 0.3) is 0 Å². The minimum Gasteiger partial charge on any atom is -0.361 e. The zero-order valence-electron chi connectivity index (χ0n) is 14.9. The summed E-state index contributed by atoms with van der Waals surface area (Å²) in [6.07, 6.45) is 8.76. The van der Waals surface area contributed by atoms with E-state index in [2.05, 4.69) is 47.2 Å². The van der Waals surface area contributed by atoms with Crippen LogP contribution in [0.25, 0.3) is 0 Å². The number of aromatic nitrogens is 3. The lowest BCUT2D eigenvalue weighted by atomic mass is 10.1. The zero-order chi connectivity index (χ0) is 16.7. The topological polar surface area (TPSA) is 39.9 Å². The Labute approximate surface area is 140 Å². The summed E-state index contributed by atoms with van der Waals surface area (Å²) < 4.78 is 7.94. The lowest BCUT2D eigenvalue weighted by molar-refractivity contribution is 0.0851. The molecule has 0 fully saturated rings. The second-order valence-electron chi connectivity index (χ2n) is 7.28. The molecule has 0 atom stereocenters. The second kappa shape index (κ2) is 8.41. The highest BCUT2D eigenvalue weighted by Gasteiger charge is 2.12. The first-order valence-corrected chi connectivity index (χ1v) is 12.1. The molecule has 2 aromatic heterocycles. The van der Waals surface area contributed by atoms with Crippen LogP contribution < -0.4 is 0 Å². The molecular formula is C18H29N3OSi. The van der Waals surface area contributed by atoms with E-state index in [0.29, 0.717) is 6.73 Å². The van der Waals surface area contributed by atoms with Crippen molar-refractivity contribution in [3.05, 3.63) is 47.8 Å². The first-order valence-electron chi connectivity index (χ1n) is 8.44. The minimum absolute atomic E-state index is 0.614. The predicted molar refractivity (Wildman–Crippen MR) is 97.3 cm³/mol. The Bertz CT molecular complexity index is 604. The van der Waals surface area contributed by atoms with Crippen LogP contribution in [-0.4, -0.2) is 29.2 Å². The van der Waals surface area contributed by atoms with Gasteiger partial charge in [-0.3, -0.25) is 4.98 Å². The van der Waals surface area contributed by atoms with Gasteiger partial charge in [-0.05, 0) is 37.4 Å². The molecule has 0 N–H and O–H groups in total. The molecule has 2 rings (SSSR count). The number of pyridine rings is 1. The van der Waals surface area contributed by atoms with E-state index in [1.54, 1.807) is 0 Å². The lowest BCUT2D eigenvalue weighted by Crippen LogP contribution is -2.22. The van der Waals surface area contributed by atoms with Gasteiger partial charge in [-0.25, -0.2) is 4.98 Å². The van der Waals surface area contributed by atoms with E-state index in [1.165, 1.54) is 17.3 Å². The van der Waals surface area contributed by atoms with Crippen molar-refractivity contribution in [2.75, 3.05) is 6.61 Å². The summed E-state index contributed by atoms with van der Waals surface area (Å²) in [7, 11) is -1.01. The summed E-state index contributed by atoms with van der Waals surface area (Å²) in [6, 6.07) is 5.31. The van der Waals surface area contributed by atoms with Crippen LogP contribution in [0.15, 0.2) is 30.7 Å². The molecular weight excluding hydrogens is 302 g/mol. The quantitative estimate of drug-likeness (QED) is 0.513. The maximum Gasteiger partial charge on any atom is 0.123 e. The van der Waals surface area contributed by atoms with Crippen LogP contribution in [0.2, 0.25) is 25.7 Å². The Morgan fingerprint density at radius 1 is 1.13 bits per heavy atom. The molecule has 0 unspecified atom stereocenters. The van der Waals surface area contributed by atoms with Crippen LogP contribution in [0.3, 0.4) is 0 Å². The molecule has 0 radical (unpaired) electrons. The highest BCUT2D eigenvalue weighted by molar-refractivity contribution is 6.76. The van der Waals surface area contributed by atoms with Crippen molar-refractivity contribution in [1.82, 2.24) is 14.5 Å². The van der Waals surface area contributed by atoms with Gasteiger partial charge in [0.05, 0.1) is 0 Å². The number of ether oxygens (including phenoxy) is 1. The van der Waals surface area contributed by atoms with Gasteiger partial charge in [0.1, 0.15) is 12.6 Å². The number of rotatable bonds is 9. The SMILES string of the molecule is Cc1cccnc1CCCc1nccn1COCC[Si](C)(C)C. The molecule has 0 aliphatic heterocycles. The van der Waals surface area contributed by atoms with Crippen molar-refractivity contribution in [2.24, 2.45) is 0 Å². The van der Waals surface area contributed by atoms with Gasteiger partial charge in [0.15, 0.2) is 0 Å². The number of nitrogens with zero attached hydrogens (tertiary/aromatic N) is 3. The highest BCUT2D eigenvalue weighted by Crippen LogP contribution is 2.11. The second-order valence-corrected chi connectivity index (χ2v) is 12.9. The van der Waals surface area contributed by atoms with Crippen molar-refractivity contribution in [3.63, 3.8) is 0 Å². The Hall–Kier alpha value is -1.46. The molecule has 23 heavy (non-hydrogen) atoms. The van der Waals surface area contributed by atoms with Crippen LogP contribution in [-0.2, 0) is 24.3 Å². The minimum atomic E-state index is -1.01. The van der Waals surface area contributed by atoms with E-state index in [4.69, 9.17) is 4.74 Å². The smallest absolute Gasteiger partial charge is 0.123 e. The molecule has 2 heterocycles. The lowest BCUT2D eigenvalue weighted by Gasteiger charge is -2.16. The normalized spacial score (nSPS) is 11.8. The summed E-state index contributed by atoms with van der Waals surface area (Å²) in [5.74, 6) is 1.10. The fourth-order valence-electron chi connectivity index (χ4n) is 2.42. The number of aryl methyl sites for hydroxylation is 3. The zero-order valence-corrected chi connectivity index (χ0v) is 15.9. The average Bonchev–Trinajstić information content (AvgIpc) is 2.92. The molecule has 0 aliphatic rings. The van der Waals surface area contributed by atoms with Crippen LogP contribution in [0.5, 0.6) is 0 Å². The Morgan fingerprint density at radius 2 is 1.96 bits per heavy atom. The standard InChI is InChI=1S/C18H29N3OSi/c1-16-7-6-10-19-17(16)8-5-9-18-20-11-12-21(18)15-22-13-14-23(2,3)4/h6-7,10-12H,5,8-9,13-15H2,1-4H3. The average molecular weight is 332 g/mol. The Kier molecular flexibility index (Phi) is 6.54. The number of imidazole rings is 1. The van der Waals surface area contributed by atoms with Gasteiger partial charge < -0.3 is 9.30 Å². The molecule has 2 aromatic rings. The van der Waals surface area contributed by atoms with Gasteiger partial charge in [-0.15, -0.1) is 0 Å². The molecule has 0 aliphatic carbocycles. The Balaban J connectivity index is 1.76. The largest absolute Gasteiger partial charge is 0.361 e. The van der Waals surface area contributed by atoms with Crippen molar-refractivity contribution in [2.45, 2.75) is 58.6 Å². The van der Waals surface area contributed by atoms with E-state index in [-0.39, 0.29) is 0 Å². The van der Waals surface area contributed by atoms with Crippen molar-refractivity contribution < 1.29 is 4.74 Å². The van der Waals surface area contributed by atoms with Gasteiger partial charge in [0, 0.05) is 45.4 Å². The third kappa shape index (κ3) is 6.27. The van der Waals surface area contributed by atoms with Crippen molar-refractivity contribution in [3.8, 4) is 0 Å². The molecule has 0 saturated carbocycles. The van der Waals surface area contributed by atoms with Crippen LogP contribution >= 0.6 is 0 Å². The number of hydrogen-bond donors (Lipinski definition) is 0. The molecule has 0 amide bonds. The van der Waals surface area contributed by atoms with E-state index in [9.17, 15) is 0 Å². The van der Waals surface area contributed by atoms with E-state index in [0.717, 1.165) is 31.7 Å². The molecule has 0 spiro atoms. The predicted octanol–water partition coefficient (Wildman–Crippen LogP) is 4.07. The molecule has 126 valence electrons. The van der Waals surface area contributed by atoms with Crippen LogP contribution in [0.1, 0.15) is 23.5 Å². The van der Waals surface area contributed by atoms with Crippen molar-refractivity contribution >= 4 is 8.07 Å². The maximum absolute atomic E-state index is 5.82. The van der Waals surface area contributed by atoms with Gasteiger partial charge in [-0.1, -0.05) is 25.7 Å². The molecule has 0 saturated heterocycles.